The van der Waals surface area contributed by atoms with E-state index >= 15 is 0 Å². The number of amides is 3. The second-order valence-electron chi connectivity index (χ2n) is 7.30. The summed E-state index contributed by atoms with van der Waals surface area (Å²) in [6.07, 6.45) is 0. The standard InChI is InChI=1S/C22H27ClN4O3/c1-14-9-15(2)22(16(3)10-14)26-19(28)11-24-20(29)12-27(4)13-21(30)25-18-8-6-5-7-17(18)23/h5-10H,11-13H2,1-4H3,(H,24,29)(H,25,30)(H,26,28). The highest BCUT2D eigenvalue weighted by Crippen LogP contribution is 2.22. The SMILES string of the molecule is Cc1cc(C)c(NC(=O)CNC(=O)CN(C)CC(=O)Nc2ccccc2Cl)c(C)c1. The van der Waals surface area contributed by atoms with Crippen LogP contribution in [-0.4, -0.2) is 49.3 Å². The van der Waals surface area contributed by atoms with Gasteiger partial charge in [-0.15, -0.1) is 0 Å². The van der Waals surface area contributed by atoms with E-state index < -0.39 is 0 Å². The molecule has 7 nitrogen and oxygen atoms in total. The van der Waals surface area contributed by atoms with Crippen LogP contribution in [0.4, 0.5) is 11.4 Å². The fraction of sp³-hybridized carbons (Fsp3) is 0.318. The number of likely N-dealkylation sites (N-methyl/N-ethyl adjacent to an activating group) is 1. The zero-order valence-corrected chi connectivity index (χ0v) is 18.4. The average molecular weight is 431 g/mol. The number of halogens is 1. The van der Waals surface area contributed by atoms with Crippen molar-refractivity contribution in [2.24, 2.45) is 0 Å². The molecule has 160 valence electrons. The molecule has 2 aromatic carbocycles. The van der Waals surface area contributed by atoms with Gasteiger partial charge in [-0.1, -0.05) is 41.4 Å². The van der Waals surface area contributed by atoms with Crippen LogP contribution < -0.4 is 16.0 Å². The first-order valence-electron chi connectivity index (χ1n) is 9.53. The maximum absolute atomic E-state index is 12.2. The van der Waals surface area contributed by atoms with Gasteiger partial charge in [0, 0.05) is 5.69 Å². The first-order valence-corrected chi connectivity index (χ1v) is 9.91. The number of hydrogen-bond acceptors (Lipinski definition) is 4. The van der Waals surface area contributed by atoms with Crippen molar-refractivity contribution in [3.8, 4) is 0 Å². The van der Waals surface area contributed by atoms with Crippen molar-refractivity contribution in [3.63, 3.8) is 0 Å². The molecular formula is C22H27ClN4O3. The van der Waals surface area contributed by atoms with Crippen molar-refractivity contribution in [2.45, 2.75) is 20.8 Å². The van der Waals surface area contributed by atoms with Gasteiger partial charge in [0.25, 0.3) is 0 Å². The fourth-order valence-corrected chi connectivity index (χ4v) is 3.28. The van der Waals surface area contributed by atoms with Crippen LogP contribution in [0.15, 0.2) is 36.4 Å². The number of rotatable bonds is 8. The van der Waals surface area contributed by atoms with Gasteiger partial charge in [-0.25, -0.2) is 0 Å². The van der Waals surface area contributed by atoms with Gasteiger partial charge >= 0.3 is 0 Å². The van der Waals surface area contributed by atoms with E-state index in [9.17, 15) is 14.4 Å². The molecule has 3 N–H and O–H groups in total. The Morgan fingerprint density at radius 3 is 2.13 bits per heavy atom. The van der Waals surface area contributed by atoms with Crippen LogP contribution in [0.5, 0.6) is 0 Å². The monoisotopic (exact) mass is 430 g/mol. The summed E-state index contributed by atoms with van der Waals surface area (Å²) >= 11 is 6.01. The van der Waals surface area contributed by atoms with Crippen molar-refractivity contribution in [1.29, 1.82) is 0 Å². The van der Waals surface area contributed by atoms with E-state index in [1.807, 2.05) is 32.9 Å². The molecule has 0 atom stereocenters. The number of para-hydroxylation sites is 1. The Kier molecular flexibility index (Phi) is 8.38. The van der Waals surface area contributed by atoms with Crippen LogP contribution in [0.2, 0.25) is 5.02 Å². The summed E-state index contributed by atoms with van der Waals surface area (Å²) in [5, 5.41) is 8.54. The van der Waals surface area contributed by atoms with Crippen LogP contribution in [-0.2, 0) is 14.4 Å². The van der Waals surface area contributed by atoms with Gasteiger partial charge in [0.2, 0.25) is 17.7 Å². The summed E-state index contributed by atoms with van der Waals surface area (Å²) in [5.41, 5.74) is 4.33. The summed E-state index contributed by atoms with van der Waals surface area (Å²) in [7, 11) is 1.64. The fourth-order valence-electron chi connectivity index (χ4n) is 3.09. The van der Waals surface area contributed by atoms with Crippen LogP contribution >= 0.6 is 11.6 Å². The third-order valence-electron chi connectivity index (χ3n) is 4.36. The summed E-state index contributed by atoms with van der Waals surface area (Å²) < 4.78 is 0. The lowest BCUT2D eigenvalue weighted by Crippen LogP contribution is -2.41. The molecule has 0 saturated heterocycles. The second-order valence-corrected chi connectivity index (χ2v) is 7.71. The van der Waals surface area contributed by atoms with E-state index in [1.165, 1.54) is 0 Å². The third kappa shape index (κ3) is 7.17. The minimum atomic E-state index is -0.351. The van der Waals surface area contributed by atoms with E-state index in [0.29, 0.717) is 10.7 Å². The number of benzene rings is 2. The van der Waals surface area contributed by atoms with Crippen molar-refractivity contribution in [1.82, 2.24) is 10.2 Å². The molecule has 3 amide bonds. The second kappa shape index (κ2) is 10.8. The van der Waals surface area contributed by atoms with Crippen molar-refractivity contribution in [3.05, 3.63) is 58.1 Å². The predicted molar refractivity (Wildman–Crippen MR) is 120 cm³/mol. The van der Waals surface area contributed by atoms with Crippen LogP contribution in [0.3, 0.4) is 0 Å². The highest BCUT2D eigenvalue weighted by Gasteiger charge is 2.14. The van der Waals surface area contributed by atoms with E-state index in [1.54, 1.807) is 36.2 Å². The normalized spacial score (nSPS) is 10.6. The molecule has 0 unspecified atom stereocenters. The summed E-state index contributed by atoms with van der Waals surface area (Å²) in [6, 6.07) is 10.9. The third-order valence-corrected chi connectivity index (χ3v) is 4.69. The van der Waals surface area contributed by atoms with Crippen LogP contribution in [0.25, 0.3) is 0 Å². The Morgan fingerprint density at radius 2 is 1.50 bits per heavy atom. The number of carbonyl (C=O) groups excluding carboxylic acids is 3. The number of anilines is 2. The molecule has 2 aromatic rings. The highest BCUT2D eigenvalue weighted by molar-refractivity contribution is 6.33. The van der Waals surface area contributed by atoms with E-state index in [0.717, 1.165) is 22.4 Å². The minimum Gasteiger partial charge on any atom is -0.346 e. The van der Waals surface area contributed by atoms with Gasteiger partial charge in [-0.3, -0.25) is 19.3 Å². The van der Waals surface area contributed by atoms with Crippen molar-refractivity contribution >= 4 is 40.7 Å². The van der Waals surface area contributed by atoms with Crippen LogP contribution in [0.1, 0.15) is 16.7 Å². The largest absolute Gasteiger partial charge is 0.346 e. The molecule has 0 fully saturated rings. The van der Waals surface area contributed by atoms with E-state index in [4.69, 9.17) is 11.6 Å². The molecule has 0 saturated carbocycles. The molecule has 0 aliphatic carbocycles. The number of hydrogen-bond donors (Lipinski definition) is 3. The van der Waals surface area contributed by atoms with Gasteiger partial charge < -0.3 is 16.0 Å². The van der Waals surface area contributed by atoms with Gasteiger partial charge in [0.1, 0.15) is 0 Å². The average Bonchev–Trinajstić information content (AvgIpc) is 2.64. The molecule has 0 aliphatic heterocycles. The number of aryl methyl sites for hydroxylation is 3. The molecular weight excluding hydrogens is 404 g/mol. The summed E-state index contributed by atoms with van der Waals surface area (Å²) in [4.78, 5) is 37.9. The van der Waals surface area contributed by atoms with Crippen LogP contribution in [0, 0.1) is 20.8 Å². The molecule has 0 spiro atoms. The summed E-state index contributed by atoms with van der Waals surface area (Å²) in [5.74, 6) is -0.950. The predicted octanol–water partition coefficient (Wildman–Crippen LogP) is 2.89. The Morgan fingerprint density at radius 1 is 0.900 bits per heavy atom. The quantitative estimate of drug-likeness (QED) is 0.600. The van der Waals surface area contributed by atoms with Gasteiger partial charge in [-0.05, 0) is 51.1 Å². The van der Waals surface area contributed by atoms with Gasteiger partial charge in [0.05, 0.1) is 30.3 Å². The zero-order chi connectivity index (χ0) is 22.3. The lowest BCUT2D eigenvalue weighted by Gasteiger charge is -2.17. The van der Waals surface area contributed by atoms with Gasteiger partial charge in [0.15, 0.2) is 0 Å². The maximum atomic E-state index is 12.2. The molecule has 2 rings (SSSR count). The lowest BCUT2D eigenvalue weighted by molar-refractivity contribution is -0.125. The Bertz CT molecular complexity index is 923. The molecule has 0 radical (unpaired) electrons. The lowest BCUT2D eigenvalue weighted by atomic mass is 10.1. The minimum absolute atomic E-state index is 0.00654. The summed E-state index contributed by atoms with van der Waals surface area (Å²) in [6.45, 7) is 5.69. The number of nitrogens with one attached hydrogen (secondary N) is 3. The number of carbonyl (C=O) groups is 3. The highest BCUT2D eigenvalue weighted by atomic mass is 35.5. The van der Waals surface area contributed by atoms with E-state index in [2.05, 4.69) is 16.0 Å². The molecule has 8 heteroatoms. The van der Waals surface area contributed by atoms with Gasteiger partial charge in [-0.2, -0.15) is 0 Å². The Balaban J connectivity index is 1.76. The molecule has 0 bridgehead atoms. The Hall–Kier alpha value is -2.90. The molecule has 0 heterocycles. The topological polar surface area (TPSA) is 90.5 Å². The van der Waals surface area contributed by atoms with Crippen molar-refractivity contribution < 1.29 is 14.4 Å². The first-order chi connectivity index (χ1) is 14.2. The molecule has 0 aliphatic rings. The smallest absolute Gasteiger partial charge is 0.243 e. The maximum Gasteiger partial charge on any atom is 0.243 e. The number of nitrogens with zero attached hydrogens (tertiary/aromatic N) is 1. The Labute approximate surface area is 181 Å². The van der Waals surface area contributed by atoms with Crippen molar-refractivity contribution in [2.75, 3.05) is 37.3 Å². The van der Waals surface area contributed by atoms with E-state index in [-0.39, 0.29) is 37.4 Å². The molecule has 0 aromatic heterocycles. The zero-order valence-electron chi connectivity index (χ0n) is 17.6. The molecule has 30 heavy (non-hydrogen) atoms. The first kappa shape index (κ1) is 23.4.